The van der Waals surface area contributed by atoms with E-state index in [1.807, 2.05) is 0 Å². The predicted octanol–water partition coefficient (Wildman–Crippen LogP) is 1.52. The minimum atomic E-state index is -0.187. The molecule has 2 N–H and O–H groups in total. The number of halogens is 1. The molecule has 2 aromatic heterocycles. The first kappa shape index (κ1) is 11.3. The molecule has 5 nitrogen and oxygen atoms in total. The fraction of sp³-hybridized carbons (Fsp3) is 0.167. The molecule has 0 saturated carbocycles. The highest BCUT2D eigenvalue weighted by Crippen LogP contribution is 2.23. The van der Waals surface area contributed by atoms with Crippen LogP contribution in [-0.4, -0.2) is 26.5 Å². The molecule has 18 heavy (non-hydrogen) atoms. The minimum absolute atomic E-state index is 0.0984. The molecule has 0 amide bonds. The highest BCUT2D eigenvalue weighted by atomic mass is 35.5. The number of aromatic nitrogens is 3. The summed E-state index contributed by atoms with van der Waals surface area (Å²) in [6, 6.07) is 5.33. The Bertz CT molecular complexity index is 791. The van der Waals surface area contributed by atoms with E-state index in [4.69, 9.17) is 16.7 Å². The highest BCUT2D eigenvalue weighted by Gasteiger charge is 2.10. The van der Waals surface area contributed by atoms with Gasteiger partial charge < -0.3 is 5.11 Å². The fourth-order valence-electron chi connectivity index (χ4n) is 2.04. The molecule has 3 aromatic rings. The lowest BCUT2D eigenvalue weighted by atomic mass is 10.2. The zero-order valence-corrected chi connectivity index (χ0v) is 10.1. The maximum Gasteiger partial charge on any atom is 0.276 e. The zero-order valence-electron chi connectivity index (χ0n) is 9.35. The van der Waals surface area contributed by atoms with E-state index in [1.54, 1.807) is 18.2 Å². The predicted molar refractivity (Wildman–Crippen MR) is 70.0 cm³/mol. The maximum atomic E-state index is 12.0. The summed E-state index contributed by atoms with van der Waals surface area (Å²) in [4.78, 5) is 16.2. The number of aliphatic hydroxyl groups is 1. The molecule has 1 aromatic carbocycles. The van der Waals surface area contributed by atoms with Crippen LogP contribution in [0.1, 0.15) is 0 Å². The molecule has 0 unspecified atom stereocenters. The van der Waals surface area contributed by atoms with Gasteiger partial charge in [0.2, 0.25) is 0 Å². The number of H-pyrrole nitrogens is 1. The van der Waals surface area contributed by atoms with Crippen molar-refractivity contribution < 1.29 is 5.11 Å². The first-order valence-electron chi connectivity index (χ1n) is 5.48. The quantitative estimate of drug-likeness (QED) is 0.736. The number of hydrogen-bond donors (Lipinski definition) is 2. The first-order valence-corrected chi connectivity index (χ1v) is 5.86. The number of nitrogens with one attached hydrogen (secondary N) is 1. The third kappa shape index (κ3) is 1.60. The van der Waals surface area contributed by atoms with Crippen molar-refractivity contribution in [3.8, 4) is 0 Å². The minimum Gasteiger partial charge on any atom is -0.394 e. The van der Waals surface area contributed by atoms with Crippen LogP contribution in [0.25, 0.3) is 21.8 Å². The molecular formula is C12H10ClN3O2. The van der Waals surface area contributed by atoms with Crippen molar-refractivity contribution >= 4 is 33.4 Å². The molecule has 0 fully saturated rings. The van der Waals surface area contributed by atoms with E-state index in [-0.39, 0.29) is 18.7 Å². The molecule has 0 saturated heterocycles. The van der Waals surface area contributed by atoms with Gasteiger partial charge in [-0.1, -0.05) is 11.6 Å². The number of fused-ring (bicyclic) bond motifs is 3. The van der Waals surface area contributed by atoms with Crippen LogP contribution in [0.2, 0.25) is 5.02 Å². The van der Waals surface area contributed by atoms with Gasteiger partial charge in [0, 0.05) is 16.6 Å². The molecule has 6 heteroatoms. The van der Waals surface area contributed by atoms with Gasteiger partial charge in [0.05, 0.1) is 29.6 Å². The summed E-state index contributed by atoms with van der Waals surface area (Å²) in [5, 5.41) is 13.8. The average molecular weight is 264 g/mol. The zero-order chi connectivity index (χ0) is 12.7. The number of aromatic amines is 1. The van der Waals surface area contributed by atoms with Gasteiger partial charge in [-0.25, -0.2) is 4.68 Å². The van der Waals surface area contributed by atoms with Gasteiger partial charge in [-0.2, -0.15) is 0 Å². The largest absolute Gasteiger partial charge is 0.394 e. The van der Waals surface area contributed by atoms with E-state index in [1.165, 1.54) is 10.9 Å². The topological polar surface area (TPSA) is 70.9 Å². The lowest BCUT2D eigenvalue weighted by Crippen LogP contribution is -2.18. The molecule has 0 aliphatic carbocycles. The van der Waals surface area contributed by atoms with Gasteiger partial charge in [0.15, 0.2) is 0 Å². The van der Waals surface area contributed by atoms with Crippen molar-refractivity contribution in [1.82, 2.24) is 14.8 Å². The van der Waals surface area contributed by atoms with Gasteiger partial charge in [-0.3, -0.25) is 14.9 Å². The standard InChI is InChI=1S/C12H10ClN3O2/c13-7-1-2-10-8(5-7)11-9(6-14-10)12(18)16(15-11)3-4-17/h1-2,5-6,15,17H,3-4H2. The van der Waals surface area contributed by atoms with Crippen LogP contribution in [-0.2, 0) is 6.54 Å². The Labute approximate surface area is 107 Å². The van der Waals surface area contributed by atoms with Gasteiger partial charge in [-0.15, -0.1) is 0 Å². The molecule has 0 bridgehead atoms. The molecule has 0 spiro atoms. The Morgan fingerprint density at radius 3 is 3.00 bits per heavy atom. The highest BCUT2D eigenvalue weighted by molar-refractivity contribution is 6.31. The van der Waals surface area contributed by atoms with E-state index < -0.39 is 0 Å². The molecule has 0 aliphatic rings. The fourth-order valence-corrected chi connectivity index (χ4v) is 2.21. The Morgan fingerprint density at radius 2 is 2.22 bits per heavy atom. The molecule has 0 radical (unpaired) electrons. The second-order valence-corrected chi connectivity index (χ2v) is 4.44. The monoisotopic (exact) mass is 263 g/mol. The number of nitrogens with zero attached hydrogens (tertiary/aromatic N) is 2. The molecule has 2 heterocycles. The van der Waals surface area contributed by atoms with Crippen LogP contribution in [0.5, 0.6) is 0 Å². The summed E-state index contributed by atoms with van der Waals surface area (Å²) in [7, 11) is 0. The van der Waals surface area contributed by atoms with Gasteiger partial charge in [0.1, 0.15) is 0 Å². The van der Waals surface area contributed by atoms with Crippen molar-refractivity contribution in [3.63, 3.8) is 0 Å². The molecular weight excluding hydrogens is 254 g/mol. The molecule has 0 aliphatic heterocycles. The Balaban J connectivity index is 2.43. The summed E-state index contributed by atoms with van der Waals surface area (Å²) >= 11 is 5.96. The van der Waals surface area contributed by atoms with Crippen LogP contribution in [0, 0.1) is 0 Å². The SMILES string of the molecule is O=c1c2cnc3ccc(Cl)cc3c2[nH]n1CCO. The molecule has 3 rings (SSSR count). The molecule has 92 valence electrons. The molecule has 0 atom stereocenters. The van der Waals surface area contributed by atoms with Crippen molar-refractivity contribution in [2.45, 2.75) is 6.54 Å². The second kappa shape index (κ2) is 4.12. The number of aliphatic hydroxyl groups excluding tert-OH is 1. The van der Waals surface area contributed by atoms with E-state index in [0.29, 0.717) is 15.9 Å². The van der Waals surface area contributed by atoms with E-state index >= 15 is 0 Å². The van der Waals surface area contributed by atoms with E-state index in [9.17, 15) is 4.79 Å². The Kier molecular flexibility index (Phi) is 2.57. The van der Waals surface area contributed by atoms with E-state index in [0.717, 1.165) is 10.9 Å². The summed E-state index contributed by atoms with van der Waals surface area (Å²) in [6.45, 7) is 0.133. The van der Waals surface area contributed by atoms with Crippen molar-refractivity contribution in [3.05, 3.63) is 39.8 Å². The maximum absolute atomic E-state index is 12.0. The van der Waals surface area contributed by atoms with Gasteiger partial charge >= 0.3 is 0 Å². The number of benzene rings is 1. The van der Waals surface area contributed by atoms with Crippen molar-refractivity contribution in [1.29, 1.82) is 0 Å². The van der Waals surface area contributed by atoms with Crippen molar-refractivity contribution in [2.75, 3.05) is 6.61 Å². The summed E-state index contributed by atoms with van der Waals surface area (Å²) in [5.74, 6) is 0. The summed E-state index contributed by atoms with van der Waals surface area (Å²) in [5.41, 5.74) is 1.28. The normalized spacial score (nSPS) is 11.4. The van der Waals surface area contributed by atoms with E-state index in [2.05, 4.69) is 10.1 Å². The van der Waals surface area contributed by atoms with Crippen LogP contribution >= 0.6 is 11.6 Å². The Morgan fingerprint density at radius 1 is 1.39 bits per heavy atom. The van der Waals surface area contributed by atoms with Gasteiger partial charge in [-0.05, 0) is 18.2 Å². The van der Waals surface area contributed by atoms with Crippen LogP contribution < -0.4 is 5.56 Å². The number of rotatable bonds is 2. The summed E-state index contributed by atoms with van der Waals surface area (Å²) in [6.07, 6.45) is 1.54. The second-order valence-electron chi connectivity index (χ2n) is 4.00. The lowest BCUT2D eigenvalue weighted by molar-refractivity contribution is 0.268. The average Bonchev–Trinajstić information content (AvgIpc) is 2.68. The summed E-state index contributed by atoms with van der Waals surface area (Å²) < 4.78 is 1.37. The third-order valence-corrected chi connectivity index (χ3v) is 3.11. The van der Waals surface area contributed by atoms with Gasteiger partial charge in [0.25, 0.3) is 5.56 Å². The van der Waals surface area contributed by atoms with Crippen LogP contribution in [0.4, 0.5) is 0 Å². The third-order valence-electron chi connectivity index (χ3n) is 2.88. The first-order chi connectivity index (χ1) is 8.70. The van der Waals surface area contributed by atoms with Crippen molar-refractivity contribution in [2.24, 2.45) is 0 Å². The number of hydrogen-bond acceptors (Lipinski definition) is 3. The van der Waals surface area contributed by atoms with Crippen LogP contribution in [0.3, 0.4) is 0 Å². The lowest BCUT2D eigenvalue weighted by Gasteiger charge is -1.99. The smallest absolute Gasteiger partial charge is 0.276 e. The number of pyridine rings is 1. The Hall–Kier alpha value is -1.85. The van der Waals surface area contributed by atoms with Crippen LogP contribution in [0.15, 0.2) is 29.2 Å².